The topological polar surface area (TPSA) is 269 Å². The van der Waals surface area contributed by atoms with Gasteiger partial charge in [-0.25, -0.2) is 4.79 Å². The maximum absolute atomic E-state index is 11.6. The fraction of sp³-hybridized carbons (Fsp3) is 0.860. The molecule has 0 aromatic rings. The van der Waals surface area contributed by atoms with Crippen molar-refractivity contribution in [2.24, 2.45) is 0 Å². The van der Waals surface area contributed by atoms with E-state index in [1.807, 2.05) is 48.5 Å². The zero-order valence-electron chi connectivity index (χ0n) is 44.9. The number of Topliss-reactive ketones (excluding diaryl/α,β-unsaturated/α-hetero) is 1. The maximum atomic E-state index is 11.6. The Labute approximate surface area is 444 Å². The predicted octanol–water partition coefficient (Wildman–Crippen LogP) is 8.61. The number of rotatable bonds is 44. The molecule has 0 aliphatic rings. The van der Waals surface area contributed by atoms with E-state index in [0.29, 0.717) is 91.0 Å². The minimum Gasteiger partial charge on any atom is -0.668 e. The molecule has 0 aromatic carbocycles. The van der Waals surface area contributed by atoms with E-state index in [9.17, 15) is 33.6 Å². The molecule has 0 fully saturated rings. The predicted molar refractivity (Wildman–Crippen MR) is 273 cm³/mol. The van der Waals surface area contributed by atoms with Crippen LogP contribution in [0.2, 0.25) is 0 Å². The first-order chi connectivity index (χ1) is 33.0. The summed E-state index contributed by atoms with van der Waals surface area (Å²) < 4.78 is 20.8. The van der Waals surface area contributed by atoms with Crippen LogP contribution in [-0.2, 0) is 85.2 Å². The van der Waals surface area contributed by atoms with Crippen LogP contribution in [0, 0.1) is 0 Å². The summed E-state index contributed by atoms with van der Waals surface area (Å²) in [6.45, 7) is 20.5. The van der Waals surface area contributed by atoms with E-state index in [1.54, 1.807) is 0 Å². The van der Waals surface area contributed by atoms with Crippen LogP contribution in [0.15, 0.2) is 0 Å². The Kier molecular flexibility index (Phi) is 86.7. The maximum Gasteiger partial charge on any atom is 0.326 e. The van der Waals surface area contributed by atoms with Crippen LogP contribution in [0.4, 0.5) is 0 Å². The molecular formula is C50H102N5O13Y-. The summed E-state index contributed by atoms with van der Waals surface area (Å²) in [6, 6.07) is -1.40. The SMILES string of the molecule is CC.CC.CC.CC(=O)C([NH-])CCCCNC(=O)COCCOCCNC(=O)COCCOCCNC=O.CCCC(NC=O)C(=O)O.CCCCCCCCCCCCCCCCCC(=O)O.[Y]. The first kappa shape index (κ1) is 80.5. The molecule has 0 aliphatic carbocycles. The molecule has 409 valence electrons. The summed E-state index contributed by atoms with van der Waals surface area (Å²) in [7, 11) is 0. The Morgan fingerprint density at radius 2 is 0.942 bits per heavy atom. The number of ether oxygens (including phenoxy) is 4. The number of amides is 4. The van der Waals surface area contributed by atoms with E-state index in [4.69, 9.17) is 34.9 Å². The van der Waals surface area contributed by atoms with Gasteiger partial charge in [0.15, 0.2) is 0 Å². The van der Waals surface area contributed by atoms with Crippen molar-refractivity contribution in [2.45, 2.75) is 209 Å². The van der Waals surface area contributed by atoms with Gasteiger partial charge < -0.3 is 61.0 Å². The van der Waals surface area contributed by atoms with Crippen LogP contribution in [-0.4, -0.2) is 137 Å². The normalized spacial score (nSPS) is 10.5. The molecule has 2 unspecified atom stereocenters. The van der Waals surface area contributed by atoms with Gasteiger partial charge in [0.2, 0.25) is 24.6 Å². The molecule has 18 nitrogen and oxygen atoms in total. The molecule has 0 rings (SSSR count). The Morgan fingerprint density at radius 3 is 1.33 bits per heavy atom. The molecule has 7 N–H and O–H groups in total. The van der Waals surface area contributed by atoms with Gasteiger partial charge in [-0.1, -0.05) is 171 Å². The van der Waals surface area contributed by atoms with Gasteiger partial charge in [-0.05, 0) is 26.2 Å². The van der Waals surface area contributed by atoms with E-state index in [1.165, 1.54) is 90.4 Å². The number of carbonyl (C=O) groups is 7. The second-order valence-corrected chi connectivity index (χ2v) is 14.8. The van der Waals surface area contributed by atoms with E-state index in [2.05, 4.69) is 28.2 Å². The van der Waals surface area contributed by atoms with Crippen molar-refractivity contribution in [1.29, 1.82) is 0 Å². The van der Waals surface area contributed by atoms with Crippen LogP contribution in [0.5, 0.6) is 0 Å². The van der Waals surface area contributed by atoms with Crippen LogP contribution >= 0.6 is 0 Å². The number of carboxylic acid groups (broad SMARTS) is 2. The van der Waals surface area contributed by atoms with E-state index in [-0.39, 0.29) is 76.7 Å². The molecule has 0 heterocycles. The van der Waals surface area contributed by atoms with Crippen LogP contribution in [0.1, 0.15) is 197 Å². The van der Waals surface area contributed by atoms with Crippen molar-refractivity contribution in [3.8, 4) is 0 Å². The molecule has 69 heavy (non-hydrogen) atoms. The number of carbonyl (C=O) groups excluding carboxylic acids is 5. The molecule has 1 radical (unpaired) electrons. The number of aliphatic carboxylic acids is 2. The Morgan fingerprint density at radius 1 is 0.522 bits per heavy atom. The average Bonchev–Trinajstić information content (AvgIpc) is 3.33. The number of carboxylic acids is 2. The van der Waals surface area contributed by atoms with E-state index < -0.39 is 24.0 Å². The van der Waals surface area contributed by atoms with Gasteiger partial charge in [0.05, 0.1) is 39.6 Å². The third kappa shape index (κ3) is 79.8. The van der Waals surface area contributed by atoms with Gasteiger partial charge in [0, 0.05) is 58.8 Å². The average molecular weight is 1070 g/mol. The summed E-state index contributed by atoms with van der Waals surface area (Å²) in [5.74, 6) is -2.26. The molecule has 0 bridgehead atoms. The summed E-state index contributed by atoms with van der Waals surface area (Å²) in [4.78, 5) is 74.5. The molecule has 2 atom stereocenters. The van der Waals surface area contributed by atoms with Gasteiger partial charge in [0.25, 0.3) is 0 Å². The molecule has 0 aliphatic heterocycles. The number of unbranched alkanes of at least 4 members (excludes halogenated alkanes) is 15. The minimum atomic E-state index is -0.978. The van der Waals surface area contributed by atoms with Gasteiger partial charge >= 0.3 is 11.9 Å². The fourth-order valence-corrected chi connectivity index (χ4v) is 5.53. The van der Waals surface area contributed by atoms with Crippen LogP contribution < -0.4 is 21.3 Å². The third-order valence-corrected chi connectivity index (χ3v) is 9.12. The number of hydrogen-bond acceptors (Lipinski definition) is 11. The monoisotopic (exact) mass is 1070 g/mol. The molecule has 0 aromatic heterocycles. The molecule has 0 spiro atoms. The second-order valence-electron chi connectivity index (χ2n) is 14.8. The van der Waals surface area contributed by atoms with Gasteiger partial charge in [-0.3, -0.25) is 24.0 Å². The zero-order valence-corrected chi connectivity index (χ0v) is 47.7. The third-order valence-electron chi connectivity index (χ3n) is 9.12. The standard InChI is InChI=1S/C20H37N4O8.C18H36O2.C6H11NO3.3C2H6.Y/c1-17(26)18(21)4-2-3-5-23-19(27)14-31-13-11-30-9-7-24-20(28)15-32-12-10-29-8-6-22-16-25;1-2-3-4-5-6-7-8-9-10-11-12-13-14-15-16-17-18(19)20;1-2-3-5(6(9)10)7-4-8;3*1-2;/h16,18,21H,2-15H2,1H3,(H,22,25)(H,23,27)(H,24,28);2-17H2,1H3,(H,19,20);4-5H,2-3H2,1H3,(H,7,8)(H,9,10);3*1-2H3;/q-1;;;;;;. The van der Waals surface area contributed by atoms with Gasteiger partial charge in [-0.15, -0.1) is 0 Å². The van der Waals surface area contributed by atoms with Crippen molar-refractivity contribution in [2.75, 3.05) is 72.5 Å². The quantitative estimate of drug-likeness (QED) is 0.0247. The minimum absolute atomic E-state index is 0. The van der Waals surface area contributed by atoms with Crippen molar-refractivity contribution in [3.05, 3.63) is 5.73 Å². The Balaban J connectivity index is -0.000000176. The molecule has 0 saturated carbocycles. The van der Waals surface area contributed by atoms with Gasteiger partial charge in [-0.2, -0.15) is 0 Å². The van der Waals surface area contributed by atoms with Crippen LogP contribution in [0.3, 0.4) is 0 Å². The summed E-state index contributed by atoms with van der Waals surface area (Å²) in [6.07, 6.45) is 24.4. The number of hydrogen-bond donors (Lipinski definition) is 6. The molecule has 19 heteroatoms. The summed E-state index contributed by atoms with van der Waals surface area (Å²) in [5.41, 5.74) is 7.49. The van der Waals surface area contributed by atoms with Crippen molar-refractivity contribution in [1.82, 2.24) is 21.3 Å². The molecule has 4 amide bonds. The van der Waals surface area contributed by atoms with Crippen molar-refractivity contribution < 1.29 is 95.4 Å². The zero-order chi connectivity index (χ0) is 52.7. The summed E-state index contributed by atoms with van der Waals surface area (Å²) >= 11 is 0. The Hall–Kier alpha value is -2.61. The number of ketones is 1. The largest absolute Gasteiger partial charge is 0.668 e. The van der Waals surface area contributed by atoms with Gasteiger partial charge in [0.1, 0.15) is 25.0 Å². The number of nitrogens with one attached hydrogen (secondary N) is 5. The fourth-order valence-electron chi connectivity index (χ4n) is 5.53. The van der Waals surface area contributed by atoms with E-state index >= 15 is 0 Å². The first-order valence-corrected chi connectivity index (χ1v) is 25.8. The van der Waals surface area contributed by atoms with Crippen molar-refractivity contribution in [3.63, 3.8) is 0 Å². The Bertz CT molecular complexity index is 1100. The van der Waals surface area contributed by atoms with Crippen LogP contribution in [0.25, 0.3) is 5.73 Å². The summed E-state index contributed by atoms with van der Waals surface area (Å²) in [5, 5.41) is 27.0. The smallest absolute Gasteiger partial charge is 0.326 e. The second kappa shape index (κ2) is 74.3. The molecular weight excluding hydrogens is 967 g/mol. The molecule has 0 saturated heterocycles. The first-order valence-electron chi connectivity index (χ1n) is 25.8. The van der Waals surface area contributed by atoms with Crippen molar-refractivity contribution >= 4 is 42.4 Å². The van der Waals surface area contributed by atoms with E-state index in [0.717, 1.165) is 19.3 Å².